The minimum Gasteiger partial charge on any atom is -0.459 e. The number of carbonyl (C=O) groups excluding carboxylic acids is 6. The van der Waals surface area contributed by atoms with E-state index in [-0.39, 0.29) is 35.5 Å². The summed E-state index contributed by atoms with van der Waals surface area (Å²) in [5.41, 5.74) is -1.72. The minimum absolute atomic E-state index is 0.0696. The van der Waals surface area contributed by atoms with E-state index in [1.165, 1.54) is 0 Å². The van der Waals surface area contributed by atoms with Crippen molar-refractivity contribution in [1.29, 1.82) is 0 Å². The molecular formula is C34H54N4O8. The van der Waals surface area contributed by atoms with Crippen molar-refractivity contribution in [3.05, 3.63) is 12.7 Å². The Morgan fingerprint density at radius 2 is 1.54 bits per heavy atom. The lowest BCUT2D eigenvalue weighted by atomic mass is 9.83. The molecule has 1 aliphatic heterocycles. The molecule has 1 unspecified atom stereocenters. The zero-order valence-electron chi connectivity index (χ0n) is 28.8. The van der Waals surface area contributed by atoms with Gasteiger partial charge in [-0.2, -0.15) is 0 Å². The van der Waals surface area contributed by atoms with E-state index in [4.69, 9.17) is 9.47 Å². The van der Waals surface area contributed by atoms with Gasteiger partial charge in [0.05, 0.1) is 6.04 Å². The van der Waals surface area contributed by atoms with Crippen LogP contribution in [0.15, 0.2) is 12.7 Å². The third-order valence-electron chi connectivity index (χ3n) is 9.15. The molecule has 4 amide bonds. The molecule has 12 heteroatoms. The highest BCUT2D eigenvalue weighted by atomic mass is 16.6. The van der Waals surface area contributed by atoms with Crippen LogP contribution >= 0.6 is 0 Å². The Morgan fingerprint density at radius 1 is 0.935 bits per heavy atom. The number of allylic oxidation sites excluding steroid dienone is 1. The second-order valence-corrected chi connectivity index (χ2v) is 15.5. The van der Waals surface area contributed by atoms with Crippen LogP contribution < -0.4 is 16.0 Å². The number of hydrogen-bond donors (Lipinski definition) is 3. The van der Waals surface area contributed by atoms with Gasteiger partial charge in [-0.05, 0) is 90.4 Å². The quantitative estimate of drug-likeness (QED) is 0.165. The largest absolute Gasteiger partial charge is 0.459 e. The number of alkyl carbamates (subject to hydrolysis) is 1. The first-order chi connectivity index (χ1) is 21.3. The smallest absolute Gasteiger partial charge is 0.408 e. The van der Waals surface area contributed by atoms with Gasteiger partial charge in [-0.1, -0.05) is 39.2 Å². The number of nitrogens with zero attached hydrogens (tertiary/aromatic N) is 1. The molecule has 0 aromatic carbocycles. The van der Waals surface area contributed by atoms with Gasteiger partial charge in [-0.15, -0.1) is 6.58 Å². The topological polar surface area (TPSA) is 160 Å². The number of likely N-dealkylation sites (tertiary alicyclic amines) is 1. The van der Waals surface area contributed by atoms with E-state index in [2.05, 4.69) is 22.5 Å². The predicted octanol–water partition coefficient (Wildman–Crippen LogP) is 3.42. The molecule has 1 saturated heterocycles. The van der Waals surface area contributed by atoms with Gasteiger partial charge in [-0.25, -0.2) is 4.79 Å². The van der Waals surface area contributed by atoms with Gasteiger partial charge in [0.2, 0.25) is 17.6 Å². The summed E-state index contributed by atoms with van der Waals surface area (Å²) in [4.78, 5) is 80.8. The zero-order valence-corrected chi connectivity index (χ0v) is 28.8. The summed E-state index contributed by atoms with van der Waals surface area (Å²) >= 11 is 0. The minimum atomic E-state index is -1.20. The highest BCUT2D eigenvalue weighted by Gasteiger charge is 2.69. The van der Waals surface area contributed by atoms with Crippen molar-refractivity contribution >= 4 is 35.6 Å². The highest BCUT2D eigenvalue weighted by Crippen LogP contribution is 2.65. The maximum absolute atomic E-state index is 14.3. The Kier molecular flexibility index (Phi) is 11.7. The molecule has 3 fully saturated rings. The van der Waals surface area contributed by atoms with Gasteiger partial charge in [0.25, 0.3) is 5.91 Å². The molecule has 2 aliphatic carbocycles. The fraction of sp³-hybridized carbons (Fsp3) is 0.765. The van der Waals surface area contributed by atoms with E-state index in [0.29, 0.717) is 13.0 Å². The van der Waals surface area contributed by atoms with E-state index in [1.54, 1.807) is 52.5 Å². The van der Waals surface area contributed by atoms with Crippen LogP contribution in [0, 0.1) is 23.2 Å². The molecule has 1 heterocycles. The van der Waals surface area contributed by atoms with E-state index >= 15 is 0 Å². The standard InChI is InChI=1S/C34H54N4O8/c1-10-11-17-22(27(40)29(42)35-18-23(39)45-32(2,3)4)36-28(41)26-24-21(34(24,8)9)19-38(26)30(43)25(20-15-13-12-14-16-20)37-31(44)46-33(5,6)7/h10,20-22,24-26H,1,11-19H2,2-9H3,(H,35,42)(H,36,41)(H,37,44)/t21-,22?,24-,25-,26-/m0/s1. The van der Waals surface area contributed by atoms with Gasteiger partial charge in [0, 0.05) is 6.54 Å². The summed E-state index contributed by atoms with van der Waals surface area (Å²) in [6.45, 7) is 17.9. The summed E-state index contributed by atoms with van der Waals surface area (Å²) in [5.74, 6) is -3.69. The maximum atomic E-state index is 14.3. The Hall–Kier alpha value is -3.44. The molecule has 0 aromatic rings. The lowest BCUT2D eigenvalue weighted by Crippen LogP contribution is -2.60. The Bertz CT molecular complexity index is 1190. The van der Waals surface area contributed by atoms with Crippen molar-refractivity contribution < 1.29 is 38.2 Å². The van der Waals surface area contributed by atoms with E-state index in [1.807, 2.05) is 13.8 Å². The average molecular weight is 647 g/mol. The summed E-state index contributed by atoms with van der Waals surface area (Å²) in [6.07, 6.45) is 5.81. The number of rotatable bonds is 12. The first kappa shape index (κ1) is 37.0. The molecule has 46 heavy (non-hydrogen) atoms. The lowest BCUT2D eigenvalue weighted by Gasteiger charge is -2.37. The third-order valence-corrected chi connectivity index (χ3v) is 9.15. The number of Topliss-reactive ketones (excluding diaryl/α,β-unsaturated/α-hetero) is 1. The molecule has 5 atom stereocenters. The van der Waals surface area contributed by atoms with Crippen molar-refractivity contribution in [2.45, 2.75) is 130 Å². The number of ether oxygens (including phenoxy) is 2. The van der Waals surface area contributed by atoms with Crippen molar-refractivity contribution in [2.75, 3.05) is 13.1 Å². The normalized spacial score (nSPS) is 23.7. The van der Waals surface area contributed by atoms with Crippen LogP contribution in [0.3, 0.4) is 0 Å². The van der Waals surface area contributed by atoms with Crippen molar-refractivity contribution in [1.82, 2.24) is 20.9 Å². The number of nitrogens with one attached hydrogen (secondary N) is 3. The molecule has 12 nitrogen and oxygen atoms in total. The summed E-state index contributed by atoms with van der Waals surface area (Å²) in [6, 6.07) is -2.94. The molecule has 258 valence electrons. The number of amides is 4. The molecule has 0 bridgehead atoms. The van der Waals surface area contributed by atoms with E-state index in [9.17, 15) is 28.8 Å². The number of ketones is 1. The second-order valence-electron chi connectivity index (χ2n) is 15.5. The average Bonchev–Trinajstić information content (AvgIpc) is 3.26. The first-order valence-electron chi connectivity index (χ1n) is 16.5. The van der Waals surface area contributed by atoms with Gasteiger partial charge < -0.3 is 30.3 Å². The zero-order chi connectivity index (χ0) is 34.6. The Morgan fingerprint density at radius 3 is 2.11 bits per heavy atom. The number of carbonyl (C=O) groups is 6. The predicted molar refractivity (Wildman–Crippen MR) is 171 cm³/mol. The van der Waals surface area contributed by atoms with Crippen LogP contribution in [0.25, 0.3) is 0 Å². The summed E-state index contributed by atoms with van der Waals surface area (Å²) < 4.78 is 10.7. The molecule has 0 spiro atoms. The van der Waals surface area contributed by atoms with Crippen LogP contribution in [0.2, 0.25) is 0 Å². The van der Waals surface area contributed by atoms with Gasteiger partial charge >= 0.3 is 12.1 Å². The first-order valence-corrected chi connectivity index (χ1v) is 16.5. The van der Waals surface area contributed by atoms with E-state index < -0.39 is 65.5 Å². The highest BCUT2D eigenvalue weighted by molar-refractivity contribution is 6.38. The van der Waals surface area contributed by atoms with Crippen LogP contribution in [-0.2, 0) is 33.4 Å². The molecule has 2 saturated carbocycles. The fourth-order valence-electron chi connectivity index (χ4n) is 6.86. The number of piperidine rings is 1. The fourth-order valence-corrected chi connectivity index (χ4v) is 6.86. The molecule has 3 rings (SSSR count). The van der Waals surface area contributed by atoms with Crippen molar-refractivity contribution in [3.8, 4) is 0 Å². The van der Waals surface area contributed by atoms with Crippen LogP contribution in [0.1, 0.15) is 100 Å². The Balaban J connectivity index is 1.80. The monoisotopic (exact) mass is 646 g/mol. The number of fused-ring (bicyclic) bond motifs is 1. The van der Waals surface area contributed by atoms with Gasteiger partial charge in [0.1, 0.15) is 29.8 Å². The van der Waals surface area contributed by atoms with Crippen LogP contribution in [-0.4, -0.2) is 82.9 Å². The maximum Gasteiger partial charge on any atom is 0.408 e. The van der Waals surface area contributed by atoms with Gasteiger partial charge in [-0.3, -0.25) is 24.0 Å². The lowest BCUT2D eigenvalue weighted by molar-refractivity contribution is -0.155. The summed E-state index contributed by atoms with van der Waals surface area (Å²) in [5, 5.41) is 7.87. The molecule has 3 aliphatic rings. The number of hydrogen-bond acceptors (Lipinski definition) is 8. The molecule has 0 aromatic heterocycles. The van der Waals surface area contributed by atoms with Crippen molar-refractivity contribution in [3.63, 3.8) is 0 Å². The molecule has 3 N–H and O–H groups in total. The van der Waals surface area contributed by atoms with Crippen LogP contribution in [0.5, 0.6) is 0 Å². The second kappa shape index (κ2) is 14.5. The molecule has 0 radical (unpaired) electrons. The summed E-state index contributed by atoms with van der Waals surface area (Å²) in [7, 11) is 0. The SMILES string of the molecule is C=CCCC(NC(=O)[C@@H]1[C@@H]2[C@H](CN1C(=O)[C@@H](NC(=O)OC(C)(C)C)C1CCCCC1)C2(C)C)C(=O)C(=O)NCC(=O)OC(C)(C)C. The van der Waals surface area contributed by atoms with Crippen LogP contribution in [0.4, 0.5) is 4.79 Å². The van der Waals surface area contributed by atoms with Crippen molar-refractivity contribution in [2.24, 2.45) is 23.2 Å². The van der Waals surface area contributed by atoms with Gasteiger partial charge in [0.15, 0.2) is 0 Å². The molecular weight excluding hydrogens is 592 g/mol. The third kappa shape index (κ3) is 9.54. The number of esters is 1. The Labute approximate surface area is 273 Å². The van der Waals surface area contributed by atoms with E-state index in [0.717, 1.165) is 32.1 Å².